The number of halogens is 1. The highest BCUT2D eigenvalue weighted by atomic mass is 79.9. The Labute approximate surface area is 167 Å². The van der Waals surface area contributed by atoms with Crippen molar-refractivity contribution in [2.24, 2.45) is 5.92 Å². The molecule has 1 aromatic carbocycles. The minimum absolute atomic E-state index is 0.0360. The zero-order valence-corrected chi connectivity index (χ0v) is 17.3. The normalized spacial score (nSPS) is 16.6. The van der Waals surface area contributed by atoms with Gasteiger partial charge < -0.3 is 15.0 Å². The molecule has 1 atom stereocenters. The Bertz CT molecular complexity index is 688. The maximum Gasteiger partial charge on any atom is 0.410 e. The van der Waals surface area contributed by atoms with Crippen molar-refractivity contribution in [1.82, 2.24) is 15.8 Å². The van der Waals surface area contributed by atoms with Crippen molar-refractivity contribution >= 4 is 39.6 Å². The molecule has 1 aromatic rings. The van der Waals surface area contributed by atoms with Gasteiger partial charge in [-0.2, -0.15) is 0 Å². The summed E-state index contributed by atoms with van der Waals surface area (Å²) >= 11 is 3.31. The number of hydrazine groups is 1. The van der Waals surface area contributed by atoms with Gasteiger partial charge in [-0.15, -0.1) is 0 Å². The van der Waals surface area contributed by atoms with Gasteiger partial charge in [0.2, 0.25) is 5.91 Å². The minimum Gasteiger partial charge on any atom is -0.444 e. The van der Waals surface area contributed by atoms with Crippen molar-refractivity contribution in [2.75, 3.05) is 18.4 Å². The predicted octanol–water partition coefficient (Wildman–Crippen LogP) is 3.25. The Morgan fingerprint density at radius 2 is 1.85 bits per heavy atom. The number of hydrogen-bond donors (Lipinski definition) is 3. The van der Waals surface area contributed by atoms with Crippen LogP contribution in [0.15, 0.2) is 28.7 Å². The number of benzene rings is 1. The van der Waals surface area contributed by atoms with Crippen molar-refractivity contribution in [3.8, 4) is 0 Å². The number of rotatable bonds is 3. The van der Waals surface area contributed by atoms with Gasteiger partial charge in [-0.05, 0) is 57.4 Å². The summed E-state index contributed by atoms with van der Waals surface area (Å²) in [4.78, 5) is 37.5. The van der Waals surface area contributed by atoms with Crippen molar-refractivity contribution in [1.29, 1.82) is 0 Å². The van der Waals surface area contributed by atoms with E-state index in [-0.39, 0.29) is 24.3 Å². The maximum absolute atomic E-state index is 12.0. The molecular weight excluding hydrogens is 416 g/mol. The van der Waals surface area contributed by atoms with Crippen LogP contribution in [0.4, 0.5) is 15.3 Å². The molecule has 2 rings (SSSR count). The molecule has 1 heterocycles. The molecule has 0 radical (unpaired) electrons. The molecule has 1 aliphatic rings. The van der Waals surface area contributed by atoms with E-state index in [0.717, 1.165) is 10.9 Å². The fraction of sp³-hybridized carbons (Fsp3) is 0.500. The van der Waals surface area contributed by atoms with Crippen LogP contribution >= 0.6 is 15.9 Å². The van der Waals surface area contributed by atoms with E-state index in [1.54, 1.807) is 29.2 Å². The van der Waals surface area contributed by atoms with Crippen LogP contribution in [0.25, 0.3) is 0 Å². The summed E-state index contributed by atoms with van der Waals surface area (Å²) in [6.07, 6.45) is 0.577. The molecule has 0 aromatic heterocycles. The molecule has 3 N–H and O–H groups in total. The van der Waals surface area contributed by atoms with Crippen molar-refractivity contribution in [3.05, 3.63) is 28.7 Å². The molecule has 148 valence electrons. The Balaban J connectivity index is 1.69. The third kappa shape index (κ3) is 7.46. The van der Waals surface area contributed by atoms with E-state index in [4.69, 9.17) is 4.74 Å². The lowest BCUT2D eigenvalue weighted by Crippen LogP contribution is -2.44. The standard InChI is InChI=1S/C18H25BrN4O4/c1-18(2,3)27-17(26)23-9-8-12(11-23)10-15(24)21-22-16(25)20-14-6-4-13(19)5-7-14/h4-7,12H,8-11H2,1-3H3,(H,21,24)(H2,20,22,25)/t12-/m0/s1. The van der Waals surface area contributed by atoms with Crippen LogP contribution in [0.1, 0.15) is 33.6 Å². The van der Waals surface area contributed by atoms with E-state index in [9.17, 15) is 14.4 Å². The van der Waals surface area contributed by atoms with E-state index in [0.29, 0.717) is 18.8 Å². The Kier molecular flexibility index (Phi) is 7.06. The Hall–Kier alpha value is -2.29. The topological polar surface area (TPSA) is 99.8 Å². The summed E-state index contributed by atoms with van der Waals surface area (Å²) in [5.41, 5.74) is 4.76. The molecule has 1 fully saturated rings. The van der Waals surface area contributed by atoms with Crippen LogP contribution < -0.4 is 16.2 Å². The number of hydrogen-bond acceptors (Lipinski definition) is 4. The van der Waals surface area contributed by atoms with E-state index in [2.05, 4.69) is 32.1 Å². The SMILES string of the molecule is CC(C)(C)OC(=O)N1CC[C@@H](CC(=O)NNC(=O)Nc2ccc(Br)cc2)C1. The molecule has 0 bridgehead atoms. The minimum atomic E-state index is -0.543. The lowest BCUT2D eigenvalue weighted by molar-refractivity contribution is -0.122. The summed E-state index contributed by atoms with van der Waals surface area (Å²) in [7, 11) is 0. The summed E-state index contributed by atoms with van der Waals surface area (Å²) in [6.45, 7) is 6.47. The molecule has 8 nitrogen and oxygen atoms in total. The van der Waals surface area contributed by atoms with E-state index < -0.39 is 11.6 Å². The first kappa shape index (κ1) is 21.0. The average Bonchev–Trinajstić information content (AvgIpc) is 3.02. The van der Waals surface area contributed by atoms with Gasteiger partial charge >= 0.3 is 12.1 Å². The van der Waals surface area contributed by atoms with Gasteiger partial charge in [0.25, 0.3) is 0 Å². The second kappa shape index (κ2) is 9.07. The number of amides is 4. The number of ether oxygens (including phenoxy) is 1. The zero-order chi connectivity index (χ0) is 20.0. The second-order valence-electron chi connectivity index (χ2n) is 7.42. The Morgan fingerprint density at radius 1 is 1.19 bits per heavy atom. The van der Waals surface area contributed by atoms with Gasteiger partial charge in [-0.1, -0.05) is 15.9 Å². The fourth-order valence-electron chi connectivity index (χ4n) is 2.63. The quantitative estimate of drug-likeness (QED) is 0.627. The zero-order valence-electron chi connectivity index (χ0n) is 15.7. The molecule has 0 spiro atoms. The van der Waals surface area contributed by atoms with Crippen LogP contribution in [0.2, 0.25) is 0 Å². The number of likely N-dealkylation sites (tertiary alicyclic amines) is 1. The average molecular weight is 441 g/mol. The Morgan fingerprint density at radius 3 is 2.48 bits per heavy atom. The number of nitrogens with one attached hydrogen (secondary N) is 3. The fourth-order valence-corrected chi connectivity index (χ4v) is 2.89. The third-order valence-corrected chi connectivity index (χ3v) is 4.36. The van der Waals surface area contributed by atoms with E-state index in [1.807, 2.05) is 20.8 Å². The number of carbonyl (C=O) groups is 3. The van der Waals surface area contributed by atoms with Crippen LogP contribution in [0, 0.1) is 5.92 Å². The number of carbonyl (C=O) groups excluding carboxylic acids is 3. The molecule has 1 saturated heterocycles. The molecule has 0 unspecified atom stereocenters. The second-order valence-corrected chi connectivity index (χ2v) is 8.34. The van der Waals surface area contributed by atoms with Gasteiger partial charge in [0.15, 0.2) is 0 Å². The number of anilines is 1. The summed E-state index contributed by atoms with van der Waals surface area (Å²) in [5.74, 6) is -0.272. The largest absolute Gasteiger partial charge is 0.444 e. The summed E-state index contributed by atoms with van der Waals surface area (Å²) in [5, 5.41) is 2.61. The van der Waals surface area contributed by atoms with Gasteiger partial charge in [-0.3, -0.25) is 10.2 Å². The van der Waals surface area contributed by atoms with Gasteiger partial charge in [0.05, 0.1) is 0 Å². The first-order valence-corrected chi connectivity index (χ1v) is 9.51. The van der Waals surface area contributed by atoms with Crippen molar-refractivity contribution < 1.29 is 19.1 Å². The van der Waals surface area contributed by atoms with Gasteiger partial charge in [0, 0.05) is 29.7 Å². The highest BCUT2D eigenvalue weighted by molar-refractivity contribution is 9.10. The number of nitrogens with zero attached hydrogens (tertiary/aromatic N) is 1. The van der Waals surface area contributed by atoms with E-state index in [1.165, 1.54) is 0 Å². The van der Waals surface area contributed by atoms with E-state index >= 15 is 0 Å². The van der Waals surface area contributed by atoms with Crippen LogP contribution in [0.3, 0.4) is 0 Å². The van der Waals surface area contributed by atoms with Gasteiger partial charge in [0.1, 0.15) is 5.60 Å². The molecular formula is C18H25BrN4O4. The summed E-state index contributed by atoms with van der Waals surface area (Å²) in [6, 6.07) is 6.52. The molecule has 4 amide bonds. The monoisotopic (exact) mass is 440 g/mol. The van der Waals surface area contributed by atoms with Crippen molar-refractivity contribution in [3.63, 3.8) is 0 Å². The molecule has 0 saturated carbocycles. The summed E-state index contributed by atoms with van der Waals surface area (Å²) < 4.78 is 6.24. The molecule has 9 heteroatoms. The molecule has 1 aliphatic heterocycles. The molecule has 0 aliphatic carbocycles. The third-order valence-electron chi connectivity index (χ3n) is 3.83. The van der Waals surface area contributed by atoms with Crippen LogP contribution in [-0.2, 0) is 9.53 Å². The smallest absolute Gasteiger partial charge is 0.410 e. The maximum atomic E-state index is 12.0. The van der Waals surface area contributed by atoms with Gasteiger partial charge in [-0.25, -0.2) is 15.0 Å². The first-order valence-electron chi connectivity index (χ1n) is 8.72. The predicted molar refractivity (Wildman–Crippen MR) is 105 cm³/mol. The van der Waals surface area contributed by atoms with Crippen LogP contribution in [-0.4, -0.2) is 41.6 Å². The highest BCUT2D eigenvalue weighted by Crippen LogP contribution is 2.21. The van der Waals surface area contributed by atoms with Crippen LogP contribution in [0.5, 0.6) is 0 Å². The lowest BCUT2D eigenvalue weighted by atomic mass is 10.1. The first-order chi connectivity index (χ1) is 12.6. The lowest BCUT2D eigenvalue weighted by Gasteiger charge is -2.24. The highest BCUT2D eigenvalue weighted by Gasteiger charge is 2.30. The van der Waals surface area contributed by atoms with Crippen molar-refractivity contribution in [2.45, 2.75) is 39.2 Å². The molecule has 27 heavy (non-hydrogen) atoms. The number of urea groups is 1.